The quantitative estimate of drug-likeness (QED) is 0.621. The Kier molecular flexibility index (Phi) is 4.11. The van der Waals surface area contributed by atoms with Crippen LogP contribution in [0.2, 0.25) is 5.02 Å². The SMILES string of the molecule is O=c1oc(-c2c(F)cccc2F)nn1-c1cccc(Cl)c1C(F)(F)F. The fraction of sp³-hybridized carbons (Fsp3) is 0.0667. The number of benzene rings is 2. The molecule has 0 saturated carbocycles. The first-order chi connectivity index (χ1) is 11.7. The number of halogens is 6. The minimum absolute atomic E-state index is 0.246. The predicted octanol–water partition coefficient (Wildman–Crippen LogP) is 4.44. The molecule has 130 valence electrons. The highest BCUT2D eigenvalue weighted by Crippen LogP contribution is 2.38. The van der Waals surface area contributed by atoms with Crippen LogP contribution in [0.4, 0.5) is 22.0 Å². The lowest BCUT2D eigenvalue weighted by molar-refractivity contribution is -0.137. The van der Waals surface area contributed by atoms with Crippen LogP contribution in [0.3, 0.4) is 0 Å². The molecule has 0 N–H and O–H groups in total. The van der Waals surface area contributed by atoms with Crippen molar-refractivity contribution in [3.8, 4) is 17.1 Å². The molecule has 0 bridgehead atoms. The summed E-state index contributed by atoms with van der Waals surface area (Å²) in [7, 11) is 0. The molecule has 0 radical (unpaired) electrons. The number of aromatic nitrogens is 2. The van der Waals surface area contributed by atoms with Gasteiger partial charge in [-0.2, -0.15) is 17.9 Å². The van der Waals surface area contributed by atoms with Crippen molar-refractivity contribution in [3.63, 3.8) is 0 Å². The molecular formula is C15H6ClF5N2O2. The number of alkyl halides is 3. The first-order valence-electron chi connectivity index (χ1n) is 6.61. The van der Waals surface area contributed by atoms with E-state index in [1.807, 2.05) is 0 Å². The first kappa shape index (κ1) is 17.2. The van der Waals surface area contributed by atoms with Gasteiger partial charge in [-0.15, -0.1) is 5.10 Å². The van der Waals surface area contributed by atoms with Crippen molar-refractivity contribution in [3.05, 3.63) is 69.2 Å². The van der Waals surface area contributed by atoms with E-state index in [9.17, 15) is 26.7 Å². The summed E-state index contributed by atoms with van der Waals surface area (Å²) in [5.74, 6) is -4.33. The third-order valence-corrected chi connectivity index (χ3v) is 3.54. The Morgan fingerprint density at radius 1 is 1.04 bits per heavy atom. The molecule has 25 heavy (non-hydrogen) atoms. The van der Waals surface area contributed by atoms with Gasteiger partial charge in [0.2, 0.25) is 0 Å². The maximum Gasteiger partial charge on any atom is 0.442 e. The molecule has 3 rings (SSSR count). The van der Waals surface area contributed by atoms with Crippen LogP contribution in [0, 0.1) is 11.6 Å². The zero-order chi connectivity index (χ0) is 18.4. The van der Waals surface area contributed by atoms with Crippen LogP contribution < -0.4 is 5.76 Å². The first-order valence-corrected chi connectivity index (χ1v) is 6.98. The van der Waals surface area contributed by atoms with Gasteiger partial charge >= 0.3 is 11.9 Å². The number of rotatable bonds is 2. The zero-order valence-corrected chi connectivity index (χ0v) is 12.7. The second-order valence-electron chi connectivity index (χ2n) is 4.81. The second-order valence-corrected chi connectivity index (χ2v) is 5.22. The zero-order valence-electron chi connectivity index (χ0n) is 11.9. The molecule has 3 aromatic rings. The maximum absolute atomic E-state index is 13.8. The van der Waals surface area contributed by atoms with E-state index in [-0.39, 0.29) is 4.68 Å². The van der Waals surface area contributed by atoms with Crippen LogP contribution >= 0.6 is 11.6 Å². The fourth-order valence-electron chi connectivity index (χ4n) is 2.20. The molecule has 1 heterocycles. The molecule has 0 unspecified atom stereocenters. The van der Waals surface area contributed by atoms with E-state index in [0.29, 0.717) is 0 Å². The van der Waals surface area contributed by atoms with E-state index in [0.717, 1.165) is 36.4 Å². The van der Waals surface area contributed by atoms with Gasteiger partial charge in [0.1, 0.15) is 22.8 Å². The summed E-state index contributed by atoms with van der Waals surface area (Å²) in [6.45, 7) is 0. The summed E-state index contributed by atoms with van der Waals surface area (Å²) in [5.41, 5.74) is -2.82. The molecule has 0 saturated heterocycles. The van der Waals surface area contributed by atoms with Crippen LogP contribution in [0.1, 0.15) is 5.56 Å². The summed E-state index contributed by atoms with van der Waals surface area (Å²) in [4.78, 5) is 11.9. The van der Waals surface area contributed by atoms with Crippen molar-refractivity contribution in [2.75, 3.05) is 0 Å². The average molecular weight is 377 g/mol. The van der Waals surface area contributed by atoms with E-state index in [1.54, 1.807) is 0 Å². The summed E-state index contributed by atoms with van der Waals surface area (Å²) >= 11 is 5.58. The Labute approximate surface area is 141 Å². The van der Waals surface area contributed by atoms with Gasteiger partial charge in [0.15, 0.2) is 0 Å². The normalized spacial score (nSPS) is 11.8. The van der Waals surface area contributed by atoms with Crippen molar-refractivity contribution in [1.82, 2.24) is 9.78 Å². The second kappa shape index (κ2) is 5.99. The third-order valence-electron chi connectivity index (χ3n) is 3.23. The van der Waals surface area contributed by atoms with Gasteiger partial charge in [-0.05, 0) is 24.3 Å². The molecule has 0 aliphatic heterocycles. The third kappa shape index (κ3) is 3.02. The molecule has 0 aliphatic rings. The average Bonchev–Trinajstić information content (AvgIpc) is 2.87. The lowest BCUT2D eigenvalue weighted by Gasteiger charge is -2.12. The molecule has 0 spiro atoms. The summed E-state index contributed by atoms with van der Waals surface area (Å²) in [5, 5.41) is 2.82. The maximum atomic E-state index is 13.8. The van der Waals surface area contributed by atoms with Crippen molar-refractivity contribution in [1.29, 1.82) is 0 Å². The fourth-order valence-corrected chi connectivity index (χ4v) is 2.48. The summed E-state index contributed by atoms with van der Waals surface area (Å²) < 4.78 is 72.0. The highest BCUT2D eigenvalue weighted by molar-refractivity contribution is 6.31. The monoisotopic (exact) mass is 376 g/mol. The molecule has 0 amide bonds. The van der Waals surface area contributed by atoms with Gasteiger partial charge < -0.3 is 4.42 Å². The molecule has 2 aromatic carbocycles. The number of hydrogen-bond acceptors (Lipinski definition) is 3. The standard InChI is InChI=1S/C15H6ClF5N2O2/c16-7-3-1-6-10(12(7)15(19,20)21)23-14(24)25-13(22-23)11-8(17)4-2-5-9(11)18/h1-6H. The highest BCUT2D eigenvalue weighted by Gasteiger charge is 2.37. The Bertz CT molecular complexity index is 990. The van der Waals surface area contributed by atoms with Crippen molar-refractivity contribution < 1.29 is 26.4 Å². The van der Waals surface area contributed by atoms with E-state index in [1.165, 1.54) is 0 Å². The topological polar surface area (TPSA) is 48.0 Å². The Morgan fingerprint density at radius 2 is 1.64 bits per heavy atom. The van der Waals surface area contributed by atoms with Crippen molar-refractivity contribution >= 4 is 11.6 Å². The Morgan fingerprint density at radius 3 is 2.24 bits per heavy atom. The molecular weight excluding hydrogens is 371 g/mol. The molecule has 0 atom stereocenters. The van der Waals surface area contributed by atoms with Gasteiger partial charge in [-0.1, -0.05) is 23.7 Å². The van der Waals surface area contributed by atoms with E-state index in [4.69, 9.17) is 11.6 Å². The summed E-state index contributed by atoms with van der Waals surface area (Å²) in [6.07, 6.45) is -4.89. The number of hydrogen-bond donors (Lipinski definition) is 0. The van der Waals surface area contributed by atoms with Crippen LogP contribution in [-0.4, -0.2) is 9.78 Å². The van der Waals surface area contributed by atoms with Gasteiger partial charge in [-0.25, -0.2) is 13.6 Å². The van der Waals surface area contributed by atoms with Crippen molar-refractivity contribution in [2.45, 2.75) is 6.18 Å². The number of nitrogens with zero attached hydrogens (tertiary/aromatic N) is 2. The highest BCUT2D eigenvalue weighted by atomic mass is 35.5. The summed E-state index contributed by atoms with van der Waals surface area (Å²) in [6, 6.07) is 5.92. The van der Waals surface area contributed by atoms with Gasteiger partial charge in [0.25, 0.3) is 5.89 Å². The van der Waals surface area contributed by atoms with Gasteiger partial charge in [0, 0.05) is 0 Å². The van der Waals surface area contributed by atoms with Gasteiger partial charge in [-0.3, -0.25) is 0 Å². The van der Waals surface area contributed by atoms with E-state index < -0.39 is 51.3 Å². The minimum Gasteiger partial charge on any atom is -0.387 e. The lowest BCUT2D eigenvalue weighted by atomic mass is 10.1. The van der Waals surface area contributed by atoms with Crippen LogP contribution in [0.15, 0.2) is 45.6 Å². The molecule has 10 heteroatoms. The van der Waals surface area contributed by atoms with Crippen LogP contribution in [-0.2, 0) is 6.18 Å². The van der Waals surface area contributed by atoms with Gasteiger partial charge in [0.05, 0.1) is 10.7 Å². The molecule has 1 aromatic heterocycles. The largest absolute Gasteiger partial charge is 0.442 e. The molecule has 0 fully saturated rings. The van der Waals surface area contributed by atoms with E-state index >= 15 is 0 Å². The van der Waals surface area contributed by atoms with E-state index in [2.05, 4.69) is 9.52 Å². The Balaban J connectivity index is 2.25. The Hall–Kier alpha value is -2.68. The smallest absolute Gasteiger partial charge is 0.387 e. The van der Waals surface area contributed by atoms with Crippen LogP contribution in [0.5, 0.6) is 0 Å². The lowest BCUT2D eigenvalue weighted by Crippen LogP contribution is -2.19. The molecule has 4 nitrogen and oxygen atoms in total. The van der Waals surface area contributed by atoms with Crippen molar-refractivity contribution in [2.24, 2.45) is 0 Å². The molecule has 0 aliphatic carbocycles. The minimum atomic E-state index is -4.89. The van der Waals surface area contributed by atoms with Crippen LogP contribution in [0.25, 0.3) is 17.1 Å². The predicted molar refractivity (Wildman–Crippen MR) is 77.5 cm³/mol.